The van der Waals surface area contributed by atoms with Crippen LogP contribution >= 0.6 is 0 Å². The van der Waals surface area contributed by atoms with Gasteiger partial charge in [-0.3, -0.25) is 0 Å². The molecule has 1 aliphatic rings. The normalized spacial score (nSPS) is 18.7. The Morgan fingerprint density at radius 3 is 0.882 bits per heavy atom. The molecule has 0 N–H and O–H groups in total. The number of hydrogen-bond donors (Lipinski definition) is 0. The Morgan fingerprint density at radius 1 is 0.647 bits per heavy atom. The Bertz CT molecular complexity index is 169. The predicted octanol–water partition coefficient (Wildman–Crippen LogP) is 3.46. The molecule has 0 aromatic rings. The highest BCUT2D eigenvalue weighted by molar-refractivity contribution is 6.50. The van der Waals surface area contributed by atoms with Crippen molar-refractivity contribution in [3.63, 3.8) is 0 Å². The van der Waals surface area contributed by atoms with Crippen LogP contribution in [0.5, 0.6) is 0 Å². The lowest BCUT2D eigenvalue weighted by atomic mass is 10.3. The number of hydrogen-bond acceptors (Lipinski definition) is 0. The molecule has 1 saturated heterocycles. The monoisotopic (exact) mass is 274 g/mol. The summed E-state index contributed by atoms with van der Waals surface area (Å²) in [6, 6.07) is 0. The highest BCUT2D eigenvalue weighted by atomic mass is 19.5. The van der Waals surface area contributed by atoms with Gasteiger partial charge in [-0.2, -0.15) is 0 Å². The molecule has 0 radical (unpaired) electrons. The summed E-state index contributed by atoms with van der Waals surface area (Å²) >= 11 is 0. The van der Waals surface area contributed by atoms with Gasteiger partial charge in [-0.15, -0.1) is 0 Å². The molecule has 0 atom stereocenters. The third-order valence-corrected chi connectivity index (χ3v) is 1.78. The molecule has 0 bridgehead atoms. The molecule has 1 rings (SSSR count). The number of nitrogens with zero attached hydrogens (tertiary/aromatic N) is 1. The summed E-state index contributed by atoms with van der Waals surface area (Å²) < 4.78 is 79.2. The van der Waals surface area contributed by atoms with Crippen LogP contribution in [0.2, 0.25) is 0 Å². The number of quaternary nitrogens is 1. The van der Waals surface area contributed by atoms with Crippen LogP contribution in [-0.4, -0.2) is 46.2 Å². The standard InChI is InChI=1S/C6H14N.2BF4/c1-7(2)5-3-4-6-7;2*2-1(3,4)5/h3-6H2,1-2H3;;/q+1;2*-1. The Kier molecular flexibility index (Phi) is 7.86. The first-order valence-corrected chi connectivity index (χ1v) is 4.77. The number of likely N-dealkylation sites (tertiary alicyclic amines) is 1. The molecule has 0 aromatic heterocycles. The minimum Gasteiger partial charge on any atom is -0.418 e. The van der Waals surface area contributed by atoms with Crippen molar-refractivity contribution >= 4 is 14.5 Å². The van der Waals surface area contributed by atoms with Crippen LogP contribution in [0.3, 0.4) is 0 Å². The fourth-order valence-corrected chi connectivity index (χ4v) is 1.19. The molecule has 0 unspecified atom stereocenters. The number of halogens is 8. The molecule has 17 heavy (non-hydrogen) atoms. The molecule has 1 heterocycles. The lowest BCUT2D eigenvalue weighted by Crippen LogP contribution is -2.35. The first-order chi connectivity index (χ1) is 7.21. The van der Waals surface area contributed by atoms with E-state index in [1.807, 2.05) is 0 Å². The summed E-state index contributed by atoms with van der Waals surface area (Å²) in [6.45, 7) is 2.78. The molecule has 106 valence electrons. The van der Waals surface area contributed by atoms with E-state index >= 15 is 0 Å². The topological polar surface area (TPSA) is 0 Å². The zero-order valence-electron chi connectivity index (χ0n) is 9.45. The van der Waals surface area contributed by atoms with Gasteiger partial charge in [-0.25, -0.2) is 0 Å². The zero-order valence-corrected chi connectivity index (χ0v) is 9.45. The zero-order chi connectivity index (χ0) is 14.3. The van der Waals surface area contributed by atoms with Crippen molar-refractivity contribution in [1.29, 1.82) is 0 Å². The summed E-state index contributed by atoms with van der Waals surface area (Å²) in [5.41, 5.74) is 0. The Labute approximate surface area is 94.6 Å². The van der Waals surface area contributed by atoms with E-state index in [-0.39, 0.29) is 0 Å². The summed E-state index contributed by atoms with van der Waals surface area (Å²) in [4.78, 5) is 0. The van der Waals surface area contributed by atoms with Gasteiger partial charge >= 0.3 is 14.5 Å². The highest BCUT2D eigenvalue weighted by Crippen LogP contribution is 2.11. The molecule has 0 amide bonds. The van der Waals surface area contributed by atoms with Crippen molar-refractivity contribution in [2.24, 2.45) is 0 Å². The molecule has 0 spiro atoms. The van der Waals surface area contributed by atoms with Gasteiger partial charge in [0.1, 0.15) is 0 Å². The average molecular weight is 274 g/mol. The fourth-order valence-electron chi connectivity index (χ4n) is 1.19. The van der Waals surface area contributed by atoms with Crippen LogP contribution in [0.15, 0.2) is 0 Å². The van der Waals surface area contributed by atoms with Crippen molar-refractivity contribution in [3.8, 4) is 0 Å². The second-order valence-electron chi connectivity index (χ2n) is 4.08. The van der Waals surface area contributed by atoms with Gasteiger partial charge < -0.3 is 39.0 Å². The van der Waals surface area contributed by atoms with Gasteiger partial charge in [0, 0.05) is 12.8 Å². The minimum absolute atomic E-state index is 1.25. The van der Waals surface area contributed by atoms with Crippen LogP contribution in [0.1, 0.15) is 12.8 Å². The Balaban J connectivity index is 0. The predicted molar refractivity (Wildman–Crippen MR) is 51.4 cm³/mol. The van der Waals surface area contributed by atoms with Crippen LogP contribution in [0.25, 0.3) is 0 Å². The van der Waals surface area contributed by atoms with Gasteiger partial charge in [0.2, 0.25) is 0 Å². The SMILES string of the molecule is C[N+]1(C)CCCC1.F[B-](F)(F)F.F[B-](F)(F)F. The van der Waals surface area contributed by atoms with Crippen molar-refractivity contribution in [2.45, 2.75) is 12.8 Å². The maximum absolute atomic E-state index is 9.75. The largest absolute Gasteiger partial charge is 0.673 e. The van der Waals surface area contributed by atoms with Gasteiger partial charge in [-0.1, -0.05) is 0 Å². The van der Waals surface area contributed by atoms with E-state index in [4.69, 9.17) is 0 Å². The first-order valence-electron chi connectivity index (χ1n) is 4.77. The average Bonchev–Trinajstić information content (AvgIpc) is 2.25. The smallest absolute Gasteiger partial charge is 0.418 e. The van der Waals surface area contributed by atoms with Gasteiger partial charge in [0.05, 0.1) is 27.2 Å². The van der Waals surface area contributed by atoms with Crippen LogP contribution < -0.4 is 0 Å². The molecule has 0 aliphatic carbocycles. The van der Waals surface area contributed by atoms with Crippen molar-refractivity contribution in [3.05, 3.63) is 0 Å². The lowest BCUT2D eigenvalue weighted by molar-refractivity contribution is -0.877. The summed E-state index contributed by atoms with van der Waals surface area (Å²) in [5, 5.41) is 0. The van der Waals surface area contributed by atoms with Gasteiger partial charge in [0.15, 0.2) is 0 Å². The molecule has 1 aliphatic heterocycles. The fraction of sp³-hybridized carbons (Fsp3) is 1.00. The minimum atomic E-state index is -6.00. The second kappa shape index (κ2) is 7.07. The maximum Gasteiger partial charge on any atom is 0.673 e. The first kappa shape index (κ1) is 18.9. The second-order valence-corrected chi connectivity index (χ2v) is 4.08. The lowest BCUT2D eigenvalue weighted by Gasteiger charge is -2.21. The quantitative estimate of drug-likeness (QED) is 0.360. The maximum atomic E-state index is 9.75. The molecule has 0 aromatic carbocycles. The summed E-state index contributed by atoms with van der Waals surface area (Å²) in [7, 11) is -7.40. The van der Waals surface area contributed by atoms with Gasteiger partial charge in [-0.05, 0) is 0 Å². The third-order valence-electron chi connectivity index (χ3n) is 1.78. The number of rotatable bonds is 0. The van der Waals surface area contributed by atoms with E-state index in [9.17, 15) is 34.5 Å². The summed E-state index contributed by atoms with van der Waals surface area (Å²) in [5.74, 6) is 0. The van der Waals surface area contributed by atoms with E-state index < -0.39 is 14.5 Å². The van der Waals surface area contributed by atoms with Crippen molar-refractivity contribution < 1.29 is 39.0 Å². The third kappa shape index (κ3) is 39.1. The van der Waals surface area contributed by atoms with Crippen LogP contribution in [0, 0.1) is 0 Å². The van der Waals surface area contributed by atoms with Crippen molar-refractivity contribution in [2.75, 3.05) is 27.2 Å². The molecule has 1 nitrogen and oxygen atoms in total. The van der Waals surface area contributed by atoms with E-state index in [2.05, 4.69) is 14.1 Å². The van der Waals surface area contributed by atoms with E-state index in [1.54, 1.807) is 0 Å². The van der Waals surface area contributed by atoms with Crippen LogP contribution in [0.4, 0.5) is 34.5 Å². The Morgan fingerprint density at radius 2 is 0.824 bits per heavy atom. The van der Waals surface area contributed by atoms with Crippen molar-refractivity contribution in [1.82, 2.24) is 0 Å². The summed E-state index contributed by atoms with van der Waals surface area (Å²) in [6.07, 6.45) is 2.88. The molecule has 0 saturated carbocycles. The van der Waals surface area contributed by atoms with E-state index in [1.165, 1.54) is 30.4 Å². The molecule has 11 heteroatoms. The molecular formula is C6H14B2F8N-. The van der Waals surface area contributed by atoms with E-state index in [0.29, 0.717) is 0 Å². The molecular weight excluding hydrogens is 260 g/mol. The molecule has 1 fully saturated rings. The Hall–Kier alpha value is -0.470. The van der Waals surface area contributed by atoms with E-state index in [0.717, 1.165) is 0 Å². The highest BCUT2D eigenvalue weighted by Gasteiger charge is 2.21. The van der Waals surface area contributed by atoms with Crippen LogP contribution in [-0.2, 0) is 0 Å². The van der Waals surface area contributed by atoms with Gasteiger partial charge in [0.25, 0.3) is 0 Å².